The summed E-state index contributed by atoms with van der Waals surface area (Å²) in [5.41, 5.74) is 4.75. The van der Waals surface area contributed by atoms with Gasteiger partial charge in [-0.05, 0) is 189 Å². The Morgan fingerprint density at radius 3 is 0.783 bits per heavy atom. The van der Waals surface area contributed by atoms with Crippen molar-refractivity contribution in [1.82, 2.24) is 39.9 Å². The Hall–Kier alpha value is -8.77. The third-order valence-electron chi connectivity index (χ3n) is 27.2. The molecule has 0 spiro atoms. The van der Waals surface area contributed by atoms with Crippen LogP contribution >= 0.6 is 0 Å². The number of nitrogens with zero attached hydrogens (tertiary/aromatic N) is 6. The van der Waals surface area contributed by atoms with Crippen LogP contribution in [-0.4, -0.2) is 106 Å². The van der Waals surface area contributed by atoms with Gasteiger partial charge in [0, 0.05) is 63.1 Å². The molecule has 2 aliphatic heterocycles. The number of methoxy groups -OCH3 is 1. The molecule has 18 heteroatoms. The van der Waals surface area contributed by atoms with Crippen molar-refractivity contribution >= 4 is 50.1 Å². The highest BCUT2D eigenvalue weighted by Gasteiger charge is 2.30. The molecule has 0 amide bonds. The standard InChI is InChI=1S/C120H184N8O10/c1-21-22-23-24-25-26-27-28-29-30-31-32-33-34-35-36-37-38-39-40-41-42-67-112(129)132-69-68-131-105-71-97-96(70-104(105)130-20)113-121-114(97)123-116-100-74-108(135-80-92(16)63-51-45-57-86(6)7)109(136-81-93(17)64-52-46-58-87(8)9)75-101(100)118(125-116)127-120-103-77-111(138-83-95(19)66-54-48-60-89(12)13)110(137-82-94(18)65-53-47-59-88(10)11)76-102(103)119(128-120)126-117-99-73-107(134-79-91(15)62-50-44-56-85(4)5)106(72-98(99)115(122-113)124-117)133-78-90(14)61-49-43-55-84(2)3/h70-77,84-95H,21-31,36-69,78-83H2,1-20H3,(H2,121,122,123,124,125,126,127,128)/t90-,91-,92-,93-,94-,95-/m0/s1. The van der Waals surface area contributed by atoms with Crippen LogP contribution in [-0.2, 0) is 9.53 Å². The second kappa shape index (κ2) is 62.5. The van der Waals surface area contributed by atoms with Gasteiger partial charge in [0.15, 0.2) is 69.3 Å². The second-order valence-corrected chi connectivity index (χ2v) is 44.0. The highest BCUT2D eigenvalue weighted by molar-refractivity contribution is 6.08. The number of ether oxygens (including phenoxy) is 9. The maximum atomic E-state index is 13.4. The van der Waals surface area contributed by atoms with Crippen LogP contribution in [0.15, 0.2) is 48.5 Å². The Balaban J connectivity index is 1.17. The van der Waals surface area contributed by atoms with Gasteiger partial charge < -0.3 is 52.6 Å². The maximum absolute atomic E-state index is 13.4. The van der Waals surface area contributed by atoms with Gasteiger partial charge >= 0.3 is 5.97 Å². The minimum atomic E-state index is -0.249. The van der Waals surface area contributed by atoms with Gasteiger partial charge in [0.05, 0.1) is 46.8 Å². The van der Waals surface area contributed by atoms with Crippen LogP contribution in [0.5, 0.6) is 46.0 Å². The highest BCUT2D eigenvalue weighted by Crippen LogP contribution is 2.48. The number of aromatic amines is 2. The molecule has 0 radical (unpaired) electrons. The molecule has 0 aliphatic carbocycles. The Morgan fingerprint density at radius 1 is 0.275 bits per heavy atom. The number of esters is 1. The molecule has 138 heavy (non-hydrogen) atoms. The molecule has 7 aromatic rings. The smallest absolute Gasteiger partial charge is 0.305 e. The van der Waals surface area contributed by atoms with Gasteiger partial charge in [-0.3, -0.25) is 4.79 Å². The van der Waals surface area contributed by atoms with E-state index in [1.54, 1.807) is 7.11 Å². The van der Waals surface area contributed by atoms with Crippen LogP contribution < -0.4 is 37.9 Å². The second-order valence-electron chi connectivity index (χ2n) is 44.0. The Morgan fingerprint density at radius 2 is 0.514 bits per heavy atom. The summed E-state index contributed by atoms with van der Waals surface area (Å²) < 4.78 is 61.4. The first kappa shape index (κ1) is 113. The molecule has 5 heterocycles. The number of hydrogen-bond donors (Lipinski definition) is 2. The molecule has 2 N–H and O–H groups in total. The lowest BCUT2D eigenvalue weighted by Crippen LogP contribution is -2.12. The Labute approximate surface area is 834 Å². The van der Waals surface area contributed by atoms with Crippen molar-refractivity contribution in [3.63, 3.8) is 0 Å². The number of aromatic nitrogens is 8. The molecule has 3 aromatic heterocycles. The van der Waals surface area contributed by atoms with Crippen LogP contribution in [0.25, 0.3) is 89.7 Å². The lowest BCUT2D eigenvalue weighted by atomic mass is 10.0. The number of rotatable bonds is 71. The molecule has 764 valence electrons. The van der Waals surface area contributed by atoms with Crippen LogP contribution in [0.4, 0.5) is 0 Å². The highest BCUT2D eigenvalue weighted by atomic mass is 16.6. The zero-order valence-electron chi connectivity index (χ0n) is 89.9. The molecule has 8 bridgehead atoms. The van der Waals surface area contributed by atoms with Crippen LogP contribution in [0.2, 0.25) is 0 Å². The zero-order valence-corrected chi connectivity index (χ0v) is 89.9. The van der Waals surface area contributed by atoms with E-state index in [1.165, 1.54) is 141 Å². The molecule has 9 rings (SSSR count). The number of unbranched alkanes of at least 4 members (excludes halogenated alkanes) is 22. The molecule has 0 saturated carbocycles. The van der Waals surface area contributed by atoms with E-state index >= 15 is 0 Å². The predicted molar refractivity (Wildman–Crippen MR) is 576 cm³/mol. The fraction of sp³-hybridized carbons (Fsp3) is 0.692. The minimum Gasteiger partial charge on any atom is -0.493 e. The number of hydrogen-bond acceptors (Lipinski definition) is 16. The first-order valence-corrected chi connectivity index (χ1v) is 55.3. The predicted octanol–water partition coefficient (Wildman–Crippen LogP) is 33.6. The Kier molecular flexibility index (Phi) is 51.1. The Bertz CT molecular complexity index is 5040. The van der Waals surface area contributed by atoms with Crippen LogP contribution in [0.1, 0.15) is 408 Å². The van der Waals surface area contributed by atoms with Gasteiger partial charge in [-0.25, -0.2) is 29.9 Å². The van der Waals surface area contributed by atoms with Gasteiger partial charge in [-0.2, -0.15) is 0 Å². The summed E-state index contributed by atoms with van der Waals surface area (Å²) in [6.07, 6.45) is 48.8. The summed E-state index contributed by atoms with van der Waals surface area (Å²) in [5.74, 6) is 24.2. The number of fused-ring (bicyclic) bond motifs is 20. The van der Waals surface area contributed by atoms with E-state index in [0.29, 0.717) is 201 Å². The van der Waals surface area contributed by atoms with Crippen molar-refractivity contribution in [2.75, 3.05) is 60.0 Å². The number of benzene rings is 4. The molecule has 6 atom stereocenters. The SMILES string of the molecule is CCCCCCCCCCCCC#CC#CCCCCCCCCC(=O)OCCOc1cc2c3nc4nc(nc5[nH]c(nc6nc(nc([nH]3)c2cc1OC)-c1cc(OC[C@@H](C)CCCCC(C)C)c(OC[C@@H](C)CCCCC(C)C)cc1-6)c1cc(OC[C@@H](C)CCCCC(C)C)c(OC[C@@H](C)CCCCC(C)C)cc51)-c1cc(OC[C@@H](C)CCCCC(C)C)c(OC[C@@H](C)CCCCC(C)C)cc1-4. The summed E-state index contributed by atoms with van der Waals surface area (Å²) in [5, 5.41) is 2.85. The normalized spacial score (nSPS) is 13.2. The summed E-state index contributed by atoms with van der Waals surface area (Å²) >= 11 is 0. The monoisotopic (exact) mass is 1900 g/mol. The van der Waals surface area contributed by atoms with Crippen LogP contribution in [0, 0.1) is 94.7 Å². The van der Waals surface area contributed by atoms with Gasteiger partial charge in [-0.15, -0.1) is 0 Å². The van der Waals surface area contributed by atoms with E-state index in [-0.39, 0.29) is 54.7 Å². The molecule has 4 aromatic carbocycles. The molecule has 0 unspecified atom stereocenters. The van der Waals surface area contributed by atoms with Crippen molar-refractivity contribution in [2.24, 2.45) is 71.0 Å². The molecule has 0 saturated heterocycles. The van der Waals surface area contributed by atoms with E-state index in [2.05, 4.69) is 202 Å². The van der Waals surface area contributed by atoms with Gasteiger partial charge in [0.25, 0.3) is 0 Å². The molecule has 2 aliphatic rings. The number of nitrogens with one attached hydrogen (secondary N) is 2. The third kappa shape index (κ3) is 40.3. The maximum Gasteiger partial charge on any atom is 0.305 e. The quantitative estimate of drug-likeness (QED) is 0.0206. The molecule has 18 nitrogen and oxygen atoms in total. The molecule has 0 fully saturated rings. The summed E-state index contributed by atoms with van der Waals surface area (Å²) in [7, 11) is 1.63. The average Bonchev–Trinajstić information content (AvgIpc) is 1.59. The van der Waals surface area contributed by atoms with Crippen LogP contribution in [0.3, 0.4) is 0 Å². The zero-order chi connectivity index (χ0) is 98.9. The van der Waals surface area contributed by atoms with E-state index in [9.17, 15) is 4.79 Å². The van der Waals surface area contributed by atoms with E-state index < -0.39 is 0 Å². The van der Waals surface area contributed by atoms with Gasteiger partial charge in [0.2, 0.25) is 0 Å². The van der Waals surface area contributed by atoms with Crippen molar-refractivity contribution in [3.8, 4) is 115 Å². The fourth-order valence-electron chi connectivity index (χ4n) is 18.4. The van der Waals surface area contributed by atoms with E-state index in [4.69, 9.17) is 72.5 Å². The van der Waals surface area contributed by atoms with Gasteiger partial charge in [-0.1, -0.05) is 342 Å². The summed E-state index contributed by atoms with van der Waals surface area (Å²) in [6, 6.07) is 16.3. The van der Waals surface area contributed by atoms with E-state index in [0.717, 1.165) is 145 Å². The van der Waals surface area contributed by atoms with Crippen molar-refractivity contribution < 1.29 is 47.4 Å². The number of carbonyl (C=O) groups excluding carboxylic acids is 1. The first-order chi connectivity index (χ1) is 66.7. The molecular formula is C120H184N8O10. The van der Waals surface area contributed by atoms with Crippen molar-refractivity contribution in [1.29, 1.82) is 0 Å². The average molecular weight is 1900 g/mol. The van der Waals surface area contributed by atoms with Gasteiger partial charge in [0.1, 0.15) is 35.8 Å². The lowest BCUT2D eigenvalue weighted by Gasteiger charge is -2.19. The van der Waals surface area contributed by atoms with Crippen molar-refractivity contribution in [2.45, 2.75) is 408 Å². The largest absolute Gasteiger partial charge is 0.493 e. The third-order valence-corrected chi connectivity index (χ3v) is 27.2. The number of carbonyl (C=O) groups is 1. The lowest BCUT2D eigenvalue weighted by molar-refractivity contribution is -0.144. The van der Waals surface area contributed by atoms with Crippen molar-refractivity contribution in [3.05, 3.63) is 48.5 Å². The first-order valence-electron chi connectivity index (χ1n) is 55.3. The molecular weight excluding hydrogens is 1710 g/mol. The fourth-order valence-corrected chi connectivity index (χ4v) is 18.4. The number of H-pyrrole nitrogens is 2. The topological polar surface area (TPSA) is 209 Å². The summed E-state index contributed by atoms with van der Waals surface area (Å²) in [6.45, 7) is 46.8. The minimum absolute atomic E-state index is 0.0442. The summed E-state index contributed by atoms with van der Waals surface area (Å²) in [4.78, 5) is 54.9. The van der Waals surface area contributed by atoms with E-state index in [1.807, 2.05) is 12.1 Å².